The molecule has 0 fully saturated rings. The van der Waals surface area contributed by atoms with Crippen LogP contribution in [0.3, 0.4) is 0 Å². The Kier molecular flexibility index (Phi) is 5.57. The van der Waals surface area contributed by atoms with Crippen molar-refractivity contribution in [2.24, 2.45) is 0 Å². The zero-order chi connectivity index (χ0) is 14.6. The number of nitrogens with one attached hydrogen (secondary N) is 1. The van der Waals surface area contributed by atoms with Gasteiger partial charge in [-0.05, 0) is 50.7 Å². The Balaban J connectivity index is 2.88. The van der Waals surface area contributed by atoms with Gasteiger partial charge in [0.25, 0.3) is 0 Å². The largest absolute Gasteiger partial charge is 0.480 e. The Morgan fingerprint density at radius 3 is 2.74 bits per heavy atom. The molecule has 1 rings (SSSR count). The van der Waals surface area contributed by atoms with Gasteiger partial charge in [-0.3, -0.25) is 0 Å². The minimum absolute atomic E-state index is 0.378. The molecule has 0 spiro atoms. The van der Waals surface area contributed by atoms with Crippen molar-refractivity contribution in [2.75, 3.05) is 11.9 Å². The maximum absolute atomic E-state index is 11.0. The van der Waals surface area contributed by atoms with Gasteiger partial charge in [-0.2, -0.15) is 0 Å². The lowest BCUT2D eigenvalue weighted by molar-refractivity contribution is -0.141. The van der Waals surface area contributed by atoms with Crippen LogP contribution in [0.15, 0.2) is 18.2 Å². The summed E-state index contributed by atoms with van der Waals surface area (Å²) in [5.41, 5.74) is 1.78. The number of hydrogen-bond donors (Lipinski definition) is 2. The van der Waals surface area contributed by atoms with Crippen molar-refractivity contribution in [1.82, 2.24) is 4.90 Å². The lowest BCUT2D eigenvalue weighted by Crippen LogP contribution is -2.45. The van der Waals surface area contributed by atoms with Gasteiger partial charge in [-0.1, -0.05) is 17.7 Å². The standard InChI is InChI=1S/C13H17ClN2O2S/c1-4-16(9(3)12(17)18)13(19)15-11-7-10(14)6-5-8(11)2/h5-7,9H,4H2,1-3H3,(H,15,19)(H,17,18). The number of benzene rings is 1. The molecule has 1 unspecified atom stereocenters. The fourth-order valence-corrected chi connectivity index (χ4v) is 2.21. The molecular weight excluding hydrogens is 284 g/mol. The lowest BCUT2D eigenvalue weighted by atomic mass is 10.2. The molecule has 19 heavy (non-hydrogen) atoms. The van der Waals surface area contributed by atoms with E-state index in [1.165, 1.54) is 0 Å². The van der Waals surface area contributed by atoms with Gasteiger partial charge in [-0.15, -0.1) is 0 Å². The molecule has 4 nitrogen and oxygen atoms in total. The van der Waals surface area contributed by atoms with Gasteiger partial charge in [0.05, 0.1) is 0 Å². The molecule has 0 bridgehead atoms. The second kappa shape index (κ2) is 6.73. The van der Waals surface area contributed by atoms with Crippen LogP contribution >= 0.6 is 23.8 Å². The summed E-state index contributed by atoms with van der Waals surface area (Å²) in [5, 5.41) is 13.1. The van der Waals surface area contributed by atoms with E-state index in [4.69, 9.17) is 28.9 Å². The lowest BCUT2D eigenvalue weighted by Gasteiger charge is -2.28. The average molecular weight is 301 g/mol. The Labute approximate surface area is 123 Å². The predicted octanol–water partition coefficient (Wildman–Crippen LogP) is 3.14. The highest BCUT2D eigenvalue weighted by Crippen LogP contribution is 2.20. The molecule has 1 aromatic rings. The Hall–Kier alpha value is -1.33. The fourth-order valence-electron chi connectivity index (χ4n) is 1.64. The van der Waals surface area contributed by atoms with E-state index in [0.29, 0.717) is 16.7 Å². The third kappa shape index (κ3) is 4.08. The summed E-state index contributed by atoms with van der Waals surface area (Å²) in [5.74, 6) is -0.909. The molecule has 1 aromatic carbocycles. The smallest absolute Gasteiger partial charge is 0.326 e. The van der Waals surface area contributed by atoms with Gasteiger partial charge in [-0.25, -0.2) is 4.79 Å². The van der Waals surface area contributed by atoms with Crippen molar-refractivity contribution < 1.29 is 9.90 Å². The molecule has 0 aromatic heterocycles. The van der Waals surface area contributed by atoms with Gasteiger partial charge >= 0.3 is 5.97 Å². The second-order valence-corrected chi connectivity index (χ2v) is 5.01. The van der Waals surface area contributed by atoms with E-state index in [0.717, 1.165) is 11.3 Å². The van der Waals surface area contributed by atoms with Gasteiger partial charge in [0.15, 0.2) is 5.11 Å². The molecule has 104 valence electrons. The maximum atomic E-state index is 11.0. The van der Waals surface area contributed by atoms with Crippen molar-refractivity contribution in [1.29, 1.82) is 0 Å². The third-order valence-electron chi connectivity index (χ3n) is 2.87. The molecule has 0 radical (unpaired) electrons. The van der Waals surface area contributed by atoms with Gasteiger partial charge in [0, 0.05) is 17.3 Å². The first kappa shape index (κ1) is 15.7. The SMILES string of the molecule is CCN(C(=S)Nc1cc(Cl)ccc1C)C(C)C(=O)O. The summed E-state index contributed by atoms with van der Waals surface area (Å²) in [6.07, 6.45) is 0. The van der Waals surface area contributed by atoms with E-state index in [-0.39, 0.29) is 0 Å². The number of carboxylic acids is 1. The number of carboxylic acid groups (broad SMARTS) is 1. The Bertz CT molecular complexity index is 494. The van der Waals surface area contributed by atoms with Crippen LogP contribution in [0.5, 0.6) is 0 Å². The molecule has 0 aliphatic heterocycles. The molecule has 0 saturated heterocycles. The van der Waals surface area contributed by atoms with Crippen LogP contribution in [0.2, 0.25) is 5.02 Å². The topological polar surface area (TPSA) is 52.6 Å². The first-order chi connectivity index (χ1) is 8.86. The summed E-state index contributed by atoms with van der Waals surface area (Å²) in [6.45, 7) is 5.90. The summed E-state index contributed by atoms with van der Waals surface area (Å²) < 4.78 is 0. The molecule has 0 amide bonds. The Morgan fingerprint density at radius 1 is 1.58 bits per heavy atom. The van der Waals surface area contributed by atoms with E-state index in [9.17, 15) is 4.79 Å². The number of hydrogen-bond acceptors (Lipinski definition) is 2. The number of thiocarbonyl (C=S) groups is 1. The highest BCUT2D eigenvalue weighted by Gasteiger charge is 2.21. The fraction of sp³-hybridized carbons (Fsp3) is 0.385. The van der Waals surface area contributed by atoms with E-state index < -0.39 is 12.0 Å². The highest BCUT2D eigenvalue weighted by molar-refractivity contribution is 7.80. The van der Waals surface area contributed by atoms with Crippen LogP contribution in [-0.2, 0) is 4.79 Å². The number of aryl methyl sites for hydroxylation is 1. The maximum Gasteiger partial charge on any atom is 0.326 e. The molecule has 1 atom stereocenters. The third-order valence-corrected chi connectivity index (χ3v) is 3.44. The van der Waals surface area contributed by atoms with Crippen LogP contribution in [0, 0.1) is 6.92 Å². The number of nitrogens with zero attached hydrogens (tertiary/aromatic N) is 1. The van der Waals surface area contributed by atoms with Crippen LogP contribution in [0.25, 0.3) is 0 Å². The summed E-state index contributed by atoms with van der Waals surface area (Å²) in [7, 11) is 0. The quantitative estimate of drug-likeness (QED) is 0.837. The van der Waals surface area contributed by atoms with Crippen LogP contribution < -0.4 is 5.32 Å². The van der Waals surface area contributed by atoms with Crippen molar-refractivity contribution in [3.05, 3.63) is 28.8 Å². The van der Waals surface area contributed by atoms with E-state index >= 15 is 0 Å². The van der Waals surface area contributed by atoms with Crippen LogP contribution in [0.1, 0.15) is 19.4 Å². The number of aliphatic carboxylic acids is 1. The molecule has 0 aliphatic rings. The second-order valence-electron chi connectivity index (χ2n) is 4.19. The van der Waals surface area contributed by atoms with E-state index in [1.807, 2.05) is 19.9 Å². The summed E-state index contributed by atoms with van der Waals surface area (Å²) >= 11 is 11.2. The average Bonchev–Trinajstić information content (AvgIpc) is 2.34. The summed E-state index contributed by atoms with van der Waals surface area (Å²) in [4.78, 5) is 12.6. The van der Waals surface area contributed by atoms with Gasteiger partial charge < -0.3 is 15.3 Å². The Morgan fingerprint density at radius 2 is 2.21 bits per heavy atom. The number of halogens is 1. The van der Waals surface area contributed by atoms with Crippen LogP contribution in [-0.4, -0.2) is 33.7 Å². The first-order valence-corrected chi connectivity index (χ1v) is 6.72. The van der Waals surface area contributed by atoms with Crippen molar-refractivity contribution in [2.45, 2.75) is 26.8 Å². The van der Waals surface area contributed by atoms with Crippen LogP contribution in [0.4, 0.5) is 5.69 Å². The van der Waals surface area contributed by atoms with Crippen molar-refractivity contribution >= 4 is 40.6 Å². The predicted molar refractivity (Wildman–Crippen MR) is 81.9 cm³/mol. The monoisotopic (exact) mass is 300 g/mol. The first-order valence-electron chi connectivity index (χ1n) is 5.93. The summed E-state index contributed by atoms with van der Waals surface area (Å²) in [6, 6.07) is 4.76. The number of carbonyl (C=O) groups is 1. The zero-order valence-corrected chi connectivity index (χ0v) is 12.7. The van der Waals surface area contributed by atoms with Crippen molar-refractivity contribution in [3.63, 3.8) is 0 Å². The van der Waals surface area contributed by atoms with Gasteiger partial charge in [0.2, 0.25) is 0 Å². The van der Waals surface area contributed by atoms with Crippen molar-refractivity contribution in [3.8, 4) is 0 Å². The molecule has 2 N–H and O–H groups in total. The number of likely N-dealkylation sites (N-methyl/N-ethyl adjacent to an activating group) is 1. The minimum atomic E-state index is -0.909. The van der Waals surface area contributed by atoms with E-state index in [2.05, 4.69) is 5.32 Å². The number of rotatable bonds is 4. The van der Waals surface area contributed by atoms with E-state index in [1.54, 1.807) is 24.0 Å². The molecule has 0 aliphatic carbocycles. The molecule has 6 heteroatoms. The van der Waals surface area contributed by atoms with Gasteiger partial charge in [0.1, 0.15) is 6.04 Å². The zero-order valence-electron chi connectivity index (χ0n) is 11.1. The molecular formula is C13H17ClN2O2S. The highest BCUT2D eigenvalue weighted by atomic mass is 35.5. The molecule has 0 saturated carbocycles. The molecule has 0 heterocycles. The number of anilines is 1. The normalized spacial score (nSPS) is 11.8. The minimum Gasteiger partial charge on any atom is -0.480 e.